The number of nitrogens with one attached hydrogen (secondary N) is 2. The van der Waals surface area contributed by atoms with Crippen molar-refractivity contribution in [2.75, 3.05) is 30.0 Å². The first-order chi connectivity index (χ1) is 15.4. The number of amides is 1. The van der Waals surface area contributed by atoms with E-state index in [2.05, 4.69) is 31.4 Å². The fourth-order valence-electron chi connectivity index (χ4n) is 2.84. The number of alkyl halides is 3. The SMILES string of the molecule is Cc1ccc(NC(=O)C2CNc3cc(OC(F)(F)F)ccc3O2)c(C#CCOS(C)(=O)=O)c1. The first kappa shape index (κ1) is 24.2. The maximum absolute atomic E-state index is 12.7. The molecule has 1 atom stereocenters. The zero-order valence-electron chi connectivity index (χ0n) is 17.4. The van der Waals surface area contributed by atoms with E-state index in [4.69, 9.17) is 4.74 Å². The minimum absolute atomic E-state index is 0.00335. The number of hydrogen-bond acceptors (Lipinski definition) is 7. The number of anilines is 2. The summed E-state index contributed by atoms with van der Waals surface area (Å²) in [5.41, 5.74) is 1.94. The standard InChI is InChI=1S/C21H19F3N2O6S/c1-13-5-7-16(14(10-13)4-3-9-30-33(2,28)29)26-20(27)19-12-25-17-11-15(32-21(22,23)24)6-8-18(17)31-19/h5-8,10-11,19,25H,9,12H2,1-2H3,(H,26,27). The quantitative estimate of drug-likeness (QED) is 0.497. The molecule has 1 heterocycles. The summed E-state index contributed by atoms with van der Waals surface area (Å²) in [6, 6.07) is 8.59. The average molecular weight is 484 g/mol. The summed E-state index contributed by atoms with van der Waals surface area (Å²) < 4.78 is 73.3. The van der Waals surface area contributed by atoms with Gasteiger partial charge in [0.15, 0.2) is 6.10 Å². The number of hydrogen-bond donors (Lipinski definition) is 2. The van der Waals surface area contributed by atoms with E-state index in [1.54, 1.807) is 18.2 Å². The van der Waals surface area contributed by atoms with Crippen molar-refractivity contribution >= 4 is 27.4 Å². The molecule has 2 aromatic carbocycles. The van der Waals surface area contributed by atoms with Gasteiger partial charge in [-0.05, 0) is 36.8 Å². The van der Waals surface area contributed by atoms with Crippen LogP contribution in [0.1, 0.15) is 11.1 Å². The van der Waals surface area contributed by atoms with Crippen molar-refractivity contribution in [1.29, 1.82) is 0 Å². The highest BCUT2D eigenvalue weighted by molar-refractivity contribution is 7.86. The van der Waals surface area contributed by atoms with Gasteiger partial charge in [0, 0.05) is 11.6 Å². The van der Waals surface area contributed by atoms with E-state index in [1.807, 2.05) is 6.92 Å². The van der Waals surface area contributed by atoms with Crippen LogP contribution < -0.4 is 20.1 Å². The molecule has 0 bridgehead atoms. The molecule has 2 N–H and O–H groups in total. The van der Waals surface area contributed by atoms with Crippen LogP contribution in [0, 0.1) is 18.8 Å². The van der Waals surface area contributed by atoms with Gasteiger partial charge in [0.25, 0.3) is 16.0 Å². The van der Waals surface area contributed by atoms with Crippen molar-refractivity contribution in [3.8, 4) is 23.3 Å². The fraction of sp³-hybridized carbons (Fsp3) is 0.286. The van der Waals surface area contributed by atoms with Gasteiger partial charge in [0.1, 0.15) is 18.1 Å². The molecule has 0 spiro atoms. The highest BCUT2D eigenvalue weighted by Crippen LogP contribution is 2.35. The number of rotatable bonds is 5. The van der Waals surface area contributed by atoms with Gasteiger partial charge in [-0.3, -0.25) is 8.98 Å². The van der Waals surface area contributed by atoms with Gasteiger partial charge in [0.05, 0.1) is 24.2 Å². The third kappa shape index (κ3) is 7.30. The highest BCUT2D eigenvalue weighted by atomic mass is 32.2. The van der Waals surface area contributed by atoms with Crippen LogP contribution in [0.25, 0.3) is 0 Å². The number of halogens is 3. The van der Waals surface area contributed by atoms with Crippen LogP contribution in [-0.4, -0.2) is 46.2 Å². The van der Waals surface area contributed by atoms with E-state index in [9.17, 15) is 26.4 Å². The first-order valence-electron chi connectivity index (χ1n) is 9.45. The maximum Gasteiger partial charge on any atom is 0.573 e. The zero-order chi connectivity index (χ0) is 24.2. The molecule has 1 unspecified atom stereocenters. The monoisotopic (exact) mass is 484 g/mol. The molecule has 0 radical (unpaired) electrons. The van der Waals surface area contributed by atoms with Crippen molar-refractivity contribution in [2.24, 2.45) is 0 Å². The molecule has 1 aliphatic rings. The van der Waals surface area contributed by atoms with Crippen LogP contribution in [-0.2, 0) is 19.1 Å². The van der Waals surface area contributed by atoms with Crippen molar-refractivity contribution in [1.82, 2.24) is 0 Å². The second-order valence-electron chi connectivity index (χ2n) is 7.00. The second kappa shape index (κ2) is 9.60. The summed E-state index contributed by atoms with van der Waals surface area (Å²) in [7, 11) is -3.63. The summed E-state index contributed by atoms with van der Waals surface area (Å²) in [6.45, 7) is 1.49. The minimum atomic E-state index is -4.82. The predicted octanol–water partition coefficient (Wildman–Crippen LogP) is 3.03. The third-order valence-corrected chi connectivity index (χ3v) is 4.77. The van der Waals surface area contributed by atoms with E-state index in [0.29, 0.717) is 11.3 Å². The lowest BCUT2D eigenvalue weighted by Crippen LogP contribution is -2.41. The molecule has 0 saturated carbocycles. The molecule has 0 aliphatic carbocycles. The van der Waals surface area contributed by atoms with E-state index < -0.39 is 34.2 Å². The Morgan fingerprint density at radius 3 is 2.73 bits per heavy atom. The van der Waals surface area contributed by atoms with Crippen LogP contribution >= 0.6 is 0 Å². The summed E-state index contributed by atoms with van der Waals surface area (Å²) >= 11 is 0. The normalized spacial score (nSPS) is 15.2. The number of fused-ring (bicyclic) bond motifs is 1. The third-order valence-electron chi connectivity index (χ3n) is 4.23. The largest absolute Gasteiger partial charge is 0.573 e. The smallest absolute Gasteiger partial charge is 0.477 e. The Kier molecular flexibility index (Phi) is 7.04. The maximum atomic E-state index is 12.7. The molecule has 2 aromatic rings. The molecular weight excluding hydrogens is 465 g/mol. The minimum Gasteiger partial charge on any atom is -0.477 e. The van der Waals surface area contributed by atoms with Crippen molar-refractivity contribution in [2.45, 2.75) is 19.4 Å². The van der Waals surface area contributed by atoms with Gasteiger partial charge in [-0.2, -0.15) is 8.42 Å². The molecule has 176 valence electrons. The Hall–Kier alpha value is -3.43. The molecular formula is C21H19F3N2O6S. The van der Waals surface area contributed by atoms with E-state index in [0.717, 1.165) is 24.0 Å². The van der Waals surface area contributed by atoms with Crippen molar-refractivity contribution in [3.05, 3.63) is 47.5 Å². The summed E-state index contributed by atoms with van der Waals surface area (Å²) in [5, 5.41) is 5.55. The number of aryl methyl sites for hydroxylation is 1. The van der Waals surface area contributed by atoms with Crippen LogP contribution in [0.5, 0.6) is 11.5 Å². The second-order valence-corrected chi connectivity index (χ2v) is 8.64. The lowest BCUT2D eigenvalue weighted by atomic mass is 10.1. The topological polar surface area (TPSA) is 103 Å². The highest BCUT2D eigenvalue weighted by Gasteiger charge is 2.32. The van der Waals surface area contributed by atoms with Gasteiger partial charge < -0.3 is 20.1 Å². The first-order valence-corrected chi connectivity index (χ1v) is 11.3. The van der Waals surface area contributed by atoms with Crippen LogP contribution in [0.3, 0.4) is 0 Å². The van der Waals surface area contributed by atoms with Crippen LogP contribution in [0.4, 0.5) is 24.5 Å². The van der Waals surface area contributed by atoms with E-state index in [-0.39, 0.29) is 24.6 Å². The Morgan fingerprint density at radius 2 is 2.03 bits per heavy atom. The lowest BCUT2D eigenvalue weighted by molar-refractivity contribution is -0.274. The molecule has 1 amide bonds. The molecule has 12 heteroatoms. The Labute approximate surface area is 188 Å². The molecule has 1 aliphatic heterocycles. The lowest BCUT2D eigenvalue weighted by Gasteiger charge is -2.27. The van der Waals surface area contributed by atoms with Crippen molar-refractivity contribution in [3.63, 3.8) is 0 Å². The summed E-state index contributed by atoms with van der Waals surface area (Å²) in [5.74, 6) is 4.60. The van der Waals surface area contributed by atoms with Gasteiger partial charge in [-0.1, -0.05) is 17.9 Å². The summed E-state index contributed by atoms with van der Waals surface area (Å²) in [6.07, 6.45) is -4.88. The van der Waals surface area contributed by atoms with Gasteiger partial charge in [-0.25, -0.2) is 0 Å². The summed E-state index contributed by atoms with van der Waals surface area (Å²) in [4.78, 5) is 12.7. The average Bonchev–Trinajstić information content (AvgIpc) is 2.70. The number of carbonyl (C=O) groups excluding carboxylic acids is 1. The number of benzene rings is 2. The van der Waals surface area contributed by atoms with Gasteiger partial charge >= 0.3 is 6.36 Å². The molecule has 33 heavy (non-hydrogen) atoms. The van der Waals surface area contributed by atoms with Crippen molar-refractivity contribution < 1.29 is 40.0 Å². The van der Waals surface area contributed by atoms with Gasteiger partial charge in [0.2, 0.25) is 0 Å². The molecule has 8 nitrogen and oxygen atoms in total. The number of carbonyl (C=O) groups is 1. The Bertz CT molecular complexity index is 1220. The predicted molar refractivity (Wildman–Crippen MR) is 114 cm³/mol. The van der Waals surface area contributed by atoms with Crippen LogP contribution in [0.2, 0.25) is 0 Å². The van der Waals surface area contributed by atoms with Gasteiger partial charge in [-0.15, -0.1) is 13.2 Å². The molecule has 0 saturated heterocycles. The van der Waals surface area contributed by atoms with Crippen LogP contribution in [0.15, 0.2) is 36.4 Å². The fourth-order valence-corrected chi connectivity index (χ4v) is 3.12. The Morgan fingerprint density at radius 1 is 1.27 bits per heavy atom. The Balaban J connectivity index is 1.69. The zero-order valence-corrected chi connectivity index (χ0v) is 18.3. The number of ether oxygens (including phenoxy) is 2. The molecule has 3 rings (SSSR count). The van der Waals surface area contributed by atoms with E-state index >= 15 is 0 Å². The molecule has 0 aromatic heterocycles. The molecule has 0 fully saturated rings. The van der Waals surface area contributed by atoms with E-state index in [1.165, 1.54) is 6.07 Å².